The molecule has 0 aliphatic heterocycles. The lowest BCUT2D eigenvalue weighted by Gasteiger charge is -2.24. The predicted molar refractivity (Wildman–Crippen MR) is 218 cm³/mol. The molecule has 10 heteroatoms. The van der Waals surface area contributed by atoms with E-state index < -0.39 is 38.6 Å². The summed E-state index contributed by atoms with van der Waals surface area (Å²) in [5.41, 5.74) is 5.33. The normalized spacial score (nSPS) is 15.4. The smallest absolute Gasteiger partial charge is 0.393 e. The second-order valence-electron chi connectivity index (χ2n) is 13.7. The van der Waals surface area contributed by atoms with E-state index in [1.54, 1.807) is 6.08 Å². The van der Waals surface area contributed by atoms with Crippen molar-refractivity contribution in [1.82, 2.24) is 5.32 Å². The first-order chi connectivity index (χ1) is 25.3. The fourth-order valence-corrected chi connectivity index (χ4v) is 6.36. The molecule has 0 fully saturated rings. The number of allylic oxidation sites excluding steroid dienone is 9. The molecular weight excluding hydrogens is 675 g/mol. The van der Waals surface area contributed by atoms with Crippen LogP contribution in [0.2, 0.25) is 0 Å². The van der Waals surface area contributed by atoms with Crippen LogP contribution in [-0.2, 0) is 18.4 Å². The van der Waals surface area contributed by atoms with Crippen molar-refractivity contribution in [3.8, 4) is 0 Å². The highest BCUT2D eigenvalue weighted by Gasteiger charge is 2.27. The third-order valence-electron chi connectivity index (χ3n) is 8.69. The van der Waals surface area contributed by atoms with E-state index in [0.29, 0.717) is 12.8 Å². The van der Waals surface area contributed by atoms with Gasteiger partial charge in [0.1, 0.15) is 0 Å². The number of phosphoric ester groups is 1. The summed E-state index contributed by atoms with van der Waals surface area (Å²) in [5, 5.41) is 23.9. The van der Waals surface area contributed by atoms with Gasteiger partial charge in [0.05, 0.1) is 37.9 Å². The number of phosphoric acid groups is 1. The number of nitrogens with two attached hydrogens (primary N) is 1. The van der Waals surface area contributed by atoms with E-state index in [9.17, 15) is 24.5 Å². The summed E-state index contributed by atoms with van der Waals surface area (Å²) in [6.07, 6.45) is 43.4. The van der Waals surface area contributed by atoms with Crippen LogP contribution in [0.1, 0.15) is 162 Å². The quantitative estimate of drug-likeness (QED) is 0.0239. The van der Waals surface area contributed by atoms with Crippen molar-refractivity contribution in [2.24, 2.45) is 5.73 Å². The average Bonchev–Trinajstić information content (AvgIpc) is 3.12. The summed E-state index contributed by atoms with van der Waals surface area (Å²) in [5.74, 6) is -0.474. The summed E-state index contributed by atoms with van der Waals surface area (Å²) in [7, 11) is -4.41. The van der Waals surface area contributed by atoms with E-state index in [4.69, 9.17) is 14.8 Å². The summed E-state index contributed by atoms with van der Waals surface area (Å²) in [6, 6.07) is -1.01. The highest BCUT2D eigenvalue weighted by molar-refractivity contribution is 7.47. The van der Waals surface area contributed by atoms with Crippen molar-refractivity contribution < 1.29 is 33.5 Å². The van der Waals surface area contributed by atoms with Crippen LogP contribution in [0.4, 0.5) is 0 Å². The Balaban J connectivity index is 4.26. The van der Waals surface area contributed by atoms with Crippen molar-refractivity contribution in [3.05, 3.63) is 60.8 Å². The summed E-state index contributed by atoms with van der Waals surface area (Å²) >= 11 is 0. The van der Waals surface area contributed by atoms with Gasteiger partial charge in [-0.2, -0.15) is 0 Å². The lowest BCUT2D eigenvalue weighted by atomic mass is 10.0. The van der Waals surface area contributed by atoms with Gasteiger partial charge >= 0.3 is 7.82 Å². The Labute approximate surface area is 317 Å². The van der Waals surface area contributed by atoms with Crippen molar-refractivity contribution in [2.75, 3.05) is 19.8 Å². The maximum Gasteiger partial charge on any atom is 0.472 e. The third kappa shape index (κ3) is 35.2. The number of rotatable bonds is 37. The van der Waals surface area contributed by atoms with E-state index in [1.165, 1.54) is 70.3 Å². The molecule has 52 heavy (non-hydrogen) atoms. The Morgan fingerprint density at radius 2 is 1.23 bits per heavy atom. The molecule has 0 aromatic heterocycles. The number of nitrogens with one attached hydrogen (secondary N) is 1. The first-order valence-corrected chi connectivity index (χ1v) is 22.0. The monoisotopic (exact) mass is 753 g/mol. The molecule has 1 amide bonds. The van der Waals surface area contributed by atoms with Crippen LogP contribution in [0.25, 0.3) is 0 Å². The fraction of sp³-hybridized carbons (Fsp3) is 0.738. The first kappa shape index (κ1) is 50.2. The number of carbonyl (C=O) groups excluding carboxylic acids is 1. The number of hydrogen-bond donors (Lipinski definition) is 5. The van der Waals surface area contributed by atoms with Crippen LogP contribution in [-0.4, -0.2) is 59.0 Å². The Hall–Kier alpha value is -1.84. The van der Waals surface area contributed by atoms with Crippen LogP contribution in [0.5, 0.6) is 0 Å². The topological polar surface area (TPSA) is 151 Å². The van der Waals surface area contributed by atoms with Crippen LogP contribution in [0.15, 0.2) is 60.8 Å². The highest BCUT2D eigenvalue weighted by Crippen LogP contribution is 2.43. The van der Waals surface area contributed by atoms with Crippen LogP contribution < -0.4 is 11.1 Å². The Bertz CT molecular complexity index is 1010. The lowest BCUT2D eigenvalue weighted by molar-refractivity contribution is -0.124. The molecule has 6 N–H and O–H groups in total. The van der Waals surface area contributed by atoms with E-state index in [-0.39, 0.29) is 19.6 Å². The number of unbranched alkanes of at least 4 members (excludes halogenated alkanes) is 16. The molecule has 0 spiro atoms. The Morgan fingerprint density at radius 3 is 1.81 bits per heavy atom. The van der Waals surface area contributed by atoms with Gasteiger partial charge in [-0.05, 0) is 71.1 Å². The molecule has 0 rings (SSSR count). The van der Waals surface area contributed by atoms with Crippen molar-refractivity contribution in [1.29, 1.82) is 0 Å². The molecule has 9 nitrogen and oxygen atoms in total. The minimum Gasteiger partial charge on any atom is -0.393 e. The van der Waals surface area contributed by atoms with Gasteiger partial charge in [0, 0.05) is 6.54 Å². The van der Waals surface area contributed by atoms with E-state index in [0.717, 1.165) is 64.2 Å². The largest absolute Gasteiger partial charge is 0.472 e. The van der Waals surface area contributed by atoms with Crippen molar-refractivity contribution in [2.45, 2.75) is 180 Å². The minimum absolute atomic E-state index is 0.0377. The molecule has 302 valence electrons. The molecule has 0 aliphatic carbocycles. The summed E-state index contributed by atoms with van der Waals surface area (Å²) in [6.45, 7) is 3.67. The minimum atomic E-state index is -4.41. The molecule has 0 bridgehead atoms. The molecule has 0 aromatic rings. The average molecular weight is 753 g/mol. The first-order valence-electron chi connectivity index (χ1n) is 20.5. The second-order valence-corrected chi connectivity index (χ2v) is 15.1. The van der Waals surface area contributed by atoms with Crippen molar-refractivity contribution >= 4 is 13.7 Å². The zero-order valence-corrected chi connectivity index (χ0v) is 33.8. The Kier molecular flexibility index (Phi) is 36.1. The van der Waals surface area contributed by atoms with Crippen molar-refractivity contribution in [3.63, 3.8) is 0 Å². The molecule has 0 aromatic carbocycles. The van der Waals surface area contributed by atoms with Gasteiger partial charge in [0.2, 0.25) is 5.91 Å². The maximum absolute atomic E-state index is 12.7. The number of carbonyl (C=O) groups is 1. The number of aliphatic hydroxyl groups excluding tert-OH is 2. The Morgan fingerprint density at radius 1 is 0.712 bits per heavy atom. The predicted octanol–water partition coefficient (Wildman–Crippen LogP) is 10.1. The molecule has 0 radical (unpaired) electrons. The van der Waals surface area contributed by atoms with Gasteiger partial charge in [-0.25, -0.2) is 4.57 Å². The number of hydrogen-bond acceptors (Lipinski definition) is 7. The molecule has 0 aliphatic rings. The zero-order chi connectivity index (χ0) is 38.4. The van der Waals surface area contributed by atoms with Gasteiger partial charge in [-0.1, -0.05) is 145 Å². The SMILES string of the molecule is C/C=C/CC/C=C/CC/C=C/C(O)C(COP(=O)(O)OCCN)NC(=O)CC(O)CCCCCCC/C=C\C/C=C\CCCCCCCCCCC. The zero-order valence-electron chi connectivity index (χ0n) is 32.9. The van der Waals surface area contributed by atoms with Gasteiger partial charge in [0.15, 0.2) is 0 Å². The summed E-state index contributed by atoms with van der Waals surface area (Å²) < 4.78 is 21.9. The molecule has 0 saturated carbocycles. The van der Waals surface area contributed by atoms with Crippen LogP contribution >= 0.6 is 7.82 Å². The fourth-order valence-electron chi connectivity index (χ4n) is 5.60. The third-order valence-corrected chi connectivity index (χ3v) is 9.68. The molecule has 4 atom stereocenters. The van der Waals surface area contributed by atoms with E-state index >= 15 is 0 Å². The maximum atomic E-state index is 12.7. The second kappa shape index (κ2) is 37.5. The van der Waals surface area contributed by atoms with E-state index in [2.05, 4.69) is 54.8 Å². The van der Waals surface area contributed by atoms with Gasteiger partial charge in [-0.15, -0.1) is 0 Å². The molecular formula is C42H77N2O7P. The van der Waals surface area contributed by atoms with E-state index in [1.807, 2.05) is 13.0 Å². The molecule has 4 unspecified atom stereocenters. The molecule has 0 heterocycles. The van der Waals surface area contributed by atoms with Crippen LogP contribution in [0.3, 0.4) is 0 Å². The van der Waals surface area contributed by atoms with Crippen LogP contribution in [0, 0.1) is 0 Å². The molecule has 0 saturated heterocycles. The summed E-state index contributed by atoms with van der Waals surface area (Å²) in [4.78, 5) is 22.6. The van der Waals surface area contributed by atoms with Gasteiger partial charge in [-0.3, -0.25) is 13.8 Å². The standard InChI is InChI=1S/C42H77N2O7P/c1-3-5-7-9-11-13-14-15-16-17-18-19-20-21-22-23-24-26-27-29-31-33-39(45)37-42(47)44-40(38-51-52(48,49)50-36-35-43)41(46)34-32-30-28-25-12-10-8-6-4-2/h4,6,12,18-19,21-22,25,32,34,39-41,45-46H,3,5,7-11,13-17,20,23-24,26-31,33,35-38,43H2,1-2H3,(H,44,47)(H,48,49)/b6-4+,19-18-,22-21-,25-12+,34-32+. The van der Waals surface area contributed by atoms with Gasteiger partial charge in [0.25, 0.3) is 0 Å². The number of amides is 1. The lowest BCUT2D eigenvalue weighted by Crippen LogP contribution is -2.46. The number of aliphatic hydroxyl groups is 2. The van der Waals surface area contributed by atoms with Gasteiger partial charge < -0.3 is 26.2 Å². The highest BCUT2D eigenvalue weighted by atomic mass is 31.2.